The normalized spacial score (nSPS) is 25.2. The van der Waals surface area contributed by atoms with Gasteiger partial charge in [-0.3, -0.25) is 19.3 Å². The number of amides is 4. The van der Waals surface area contributed by atoms with Gasteiger partial charge in [-0.1, -0.05) is 20.8 Å². The van der Waals surface area contributed by atoms with Gasteiger partial charge in [-0.05, 0) is 37.0 Å². The van der Waals surface area contributed by atoms with Gasteiger partial charge in [0.25, 0.3) is 11.8 Å². The number of hydrogen-bond donors (Lipinski definition) is 2. The first kappa shape index (κ1) is 23.0. The maximum Gasteiger partial charge on any atom is 0.405 e. The smallest absolute Gasteiger partial charge is 0.405 e. The van der Waals surface area contributed by atoms with Crippen LogP contribution >= 0.6 is 0 Å². The summed E-state index contributed by atoms with van der Waals surface area (Å²) in [6.45, 7) is 3.18. The Labute approximate surface area is 166 Å². The van der Waals surface area contributed by atoms with Crippen molar-refractivity contribution < 1.29 is 37.1 Å². The van der Waals surface area contributed by atoms with E-state index in [1.807, 2.05) is 0 Å². The second-order valence-corrected chi connectivity index (χ2v) is 8.60. The molecule has 2 fully saturated rings. The van der Waals surface area contributed by atoms with Crippen LogP contribution in [0.2, 0.25) is 0 Å². The van der Waals surface area contributed by atoms with E-state index in [-0.39, 0.29) is 5.41 Å². The van der Waals surface area contributed by atoms with Gasteiger partial charge in [0.05, 0.1) is 0 Å². The van der Waals surface area contributed by atoms with Gasteiger partial charge in [-0.25, -0.2) is 4.79 Å². The van der Waals surface area contributed by atoms with Crippen LogP contribution < -0.4 is 10.6 Å². The summed E-state index contributed by atoms with van der Waals surface area (Å²) in [6, 6.07) is -0.720. The van der Waals surface area contributed by atoms with Gasteiger partial charge in [0, 0.05) is 0 Å². The highest BCUT2D eigenvalue weighted by Gasteiger charge is 2.53. The van der Waals surface area contributed by atoms with E-state index in [0.717, 1.165) is 17.7 Å². The molecule has 0 unspecified atom stereocenters. The van der Waals surface area contributed by atoms with E-state index in [9.17, 15) is 32.3 Å². The van der Waals surface area contributed by atoms with Crippen LogP contribution in [0.3, 0.4) is 0 Å². The lowest BCUT2D eigenvalue weighted by Crippen LogP contribution is -2.50. The molecule has 2 aliphatic rings. The molecule has 4 amide bonds. The first-order chi connectivity index (χ1) is 13.2. The van der Waals surface area contributed by atoms with Crippen molar-refractivity contribution in [1.29, 1.82) is 0 Å². The molecular formula is C18H26F3N3O5. The number of imide groups is 1. The zero-order valence-corrected chi connectivity index (χ0v) is 16.6. The average Bonchev–Trinajstić information content (AvgIpc) is 2.81. The fraction of sp³-hybridized carbons (Fsp3) is 0.778. The molecule has 1 heterocycles. The van der Waals surface area contributed by atoms with Crippen LogP contribution in [0.1, 0.15) is 46.5 Å². The number of nitrogens with zero attached hydrogens (tertiary/aromatic N) is 1. The van der Waals surface area contributed by atoms with Crippen molar-refractivity contribution in [1.82, 2.24) is 15.5 Å². The van der Waals surface area contributed by atoms with Gasteiger partial charge in [0.15, 0.2) is 6.61 Å². The van der Waals surface area contributed by atoms with Crippen molar-refractivity contribution in [3.8, 4) is 0 Å². The summed E-state index contributed by atoms with van der Waals surface area (Å²) in [5, 5.41) is 4.22. The Kier molecular flexibility index (Phi) is 6.48. The highest BCUT2D eigenvalue weighted by Crippen LogP contribution is 2.43. The lowest BCUT2D eigenvalue weighted by atomic mass is 9.67. The summed E-state index contributed by atoms with van der Waals surface area (Å²) in [4.78, 5) is 48.8. The molecule has 1 aliphatic heterocycles. The molecule has 164 valence electrons. The molecule has 0 atom stereocenters. The Morgan fingerprint density at radius 2 is 1.79 bits per heavy atom. The van der Waals surface area contributed by atoms with Crippen molar-refractivity contribution in [3.05, 3.63) is 0 Å². The second-order valence-electron chi connectivity index (χ2n) is 8.60. The summed E-state index contributed by atoms with van der Waals surface area (Å²) in [7, 11) is 0. The summed E-state index contributed by atoms with van der Waals surface area (Å²) >= 11 is 0. The molecule has 1 saturated carbocycles. The Morgan fingerprint density at radius 1 is 1.21 bits per heavy atom. The van der Waals surface area contributed by atoms with Crippen molar-refractivity contribution in [2.45, 2.75) is 58.2 Å². The molecule has 0 aromatic heterocycles. The summed E-state index contributed by atoms with van der Waals surface area (Å²) in [5.74, 6) is -2.30. The van der Waals surface area contributed by atoms with Crippen molar-refractivity contribution in [2.24, 2.45) is 11.3 Å². The summed E-state index contributed by atoms with van der Waals surface area (Å²) in [6.07, 6.45) is -2.14. The van der Waals surface area contributed by atoms with Crippen LogP contribution in [0.5, 0.6) is 0 Å². The number of carbonyl (C=O) groups is 4. The van der Waals surface area contributed by atoms with E-state index in [1.165, 1.54) is 0 Å². The van der Waals surface area contributed by atoms with Crippen molar-refractivity contribution in [2.75, 3.05) is 19.7 Å². The quantitative estimate of drug-likeness (QED) is 0.520. The summed E-state index contributed by atoms with van der Waals surface area (Å²) in [5.41, 5.74) is -0.952. The summed E-state index contributed by atoms with van der Waals surface area (Å²) < 4.78 is 40.6. The van der Waals surface area contributed by atoms with E-state index >= 15 is 0 Å². The highest BCUT2D eigenvalue weighted by molar-refractivity contribution is 6.08. The Balaban J connectivity index is 1.86. The Morgan fingerprint density at radius 3 is 2.31 bits per heavy atom. The Bertz CT molecular complexity index is 679. The molecule has 0 radical (unpaired) electrons. The van der Waals surface area contributed by atoms with Crippen LogP contribution in [0.25, 0.3) is 0 Å². The molecule has 1 saturated heterocycles. The number of rotatable bonds is 5. The molecule has 0 aromatic rings. The van der Waals surface area contributed by atoms with Gasteiger partial charge in [0.1, 0.15) is 18.6 Å². The fourth-order valence-electron chi connectivity index (χ4n) is 3.71. The minimum atomic E-state index is -4.58. The van der Waals surface area contributed by atoms with E-state index < -0.39 is 55.2 Å². The predicted molar refractivity (Wildman–Crippen MR) is 94.4 cm³/mol. The molecule has 11 heteroatoms. The number of nitrogens with one attached hydrogen (secondary N) is 2. The van der Waals surface area contributed by atoms with Crippen LogP contribution in [-0.4, -0.2) is 60.1 Å². The maximum absolute atomic E-state index is 12.8. The zero-order valence-electron chi connectivity index (χ0n) is 16.6. The van der Waals surface area contributed by atoms with Gasteiger partial charge in [-0.2, -0.15) is 13.2 Å². The number of halogens is 3. The highest BCUT2D eigenvalue weighted by atomic mass is 19.4. The molecule has 0 bridgehead atoms. The van der Waals surface area contributed by atoms with Gasteiger partial charge in [0.2, 0.25) is 0 Å². The third-order valence-electron chi connectivity index (χ3n) is 5.45. The first-order valence-electron chi connectivity index (χ1n) is 9.37. The number of esters is 1. The number of ether oxygens (including phenoxy) is 1. The molecule has 0 aromatic carbocycles. The molecular weight excluding hydrogens is 395 g/mol. The van der Waals surface area contributed by atoms with Crippen molar-refractivity contribution >= 4 is 23.8 Å². The van der Waals surface area contributed by atoms with E-state index in [2.05, 4.69) is 30.8 Å². The second kappa shape index (κ2) is 8.19. The van der Waals surface area contributed by atoms with Crippen LogP contribution in [0.15, 0.2) is 0 Å². The van der Waals surface area contributed by atoms with Gasteiger partial charge in [-0.15, -0.1) is 0 Å². The number of urea groups is 1. The lowest BCUT2D eigenvalue weighted by molar-refractivity contribution is -0.153. The minimum absolute atomic E-state index is 0.0868. The van der Waals surface area contributed by atoms with E-state index in [1.54, 1.807) is 5.32 Å². The number of carbonyl (C=O) groups excluding carboxylic acids is 4. The standard InChI is InChI=1S/C18H26F3N3O5/c1-16(2,3)11-4-6-17(7-5-11)14(27)24(15(28)23-17)8-13(26)29-9-12(25)22-10-18(19,20)21/h11H,4-10H2,1-3H3,(H,22,25)(H,23,28). The number of alkyl halides is 3. The molecule has 29 heavy (non-hydrogen) atoms. The largest absolute Gasteiger partial charge is 0.454 e. The SMILES string of the molecule is CC(C)(C)C1CCC2(CC1)NC(=O)N(CC(=O)OCC(=O)NCC(F)(F)F)C2=O. The van der Waals surface area contributed by atoms with E-state index in [4.69, 9.17) is 0 Å². The molecule has 2 rings (SSSR count). The fourth-order valence-corrected chi connectivity index (χ4v) is 3.71. The monoisotopic (exact) mass is 421 g/mol. The third-order valence-corrected chi connectivity index (χ3v) is 5.45. The van der Waals surface area contributed by atoms with Crippen molar-refractivity contribution in [3.63, 3.8) is 0 Å². The van der Waals surface area contributed by atoms with Crippen LogP contribution in [0.4, 0.5) is 18.0 Å². The third kappa shape index (κ3) is 5.83. The Hall–Kier alpha value is -2.33. The molecule has 2 N–H and O–H groups in total. The average molecular weight is 421 g/mol. The predicted octanol–water partition coefficient (Wildman–Crippen LogP) is 1.73. The lowest BCUT2D eigenvalue weighted by Gasteiger charge is -2.40. The molecule has 8 nitrogen and oxygen atoms in total. The molecule has 1 aliphatic carbocycles. The van der Waals surface area contributed by atoms with Crippen LogP contribution in [0, 0.1) is 11.3 Å². The van der Waals surface area contributed by atoms with Crippen LogP contribution in [-0.2, 0) is 19.1 Å². The molecule has 1 spiro atoms. The number of hydrogen-bond acceptors (Lipinski definition) is 5. The van der Waals surface area contributed by atoms with E-state index in [0.29, 0.717) is 18.8 Å². The minimum Gasteiger partial charge on any atom is -0.454 e. The van der Waals surface area contributed by atoms with Gasteiger partial charge < -0.3 is 15.4 Å². The van der Waals surface area contributed by atoms with Gasteiger partial charge >= 0.3 is 18.2 Å². The topological polar surface area (TPSA) is 105 Å². The first-order valence-corrected chi connectivity index (χ1v) is 9.37. The maximum atomic E-state index is 12.8. The zero-order chi connectivity index (χ0) is 22.0.